The third kappa shape index (κ3) is 44.0. The Morgan fingerprint density at radius 1 is 0.152 bits per heavy atom. The van der Waals surface area contributed by atoms with Crippen LogP contribution in [0.5, 0.6) is 46.0 Å². The molecule has 8 heteroatoms. The normalized spacial score (nSPS) is 11.7. The zero-order chi connectivity index (χ0) is 96.8. The minimum atomic E-state index is 0.587. The quantitative estimate of drug-likeness (QED) is 0.0276. The highest BCUT2D eigenvalue weighted by Gasteiger charge is 2.21. The Morgan fingerprint density at radius 3 is 0.659 bits per heavy atom. The summed E-state index contributed by atoms with van der Waals surface area (Å²) in [5.41, 5.74) is 4.34. The van der Waals surface area contributed by atoms with Gasteiger partial charge in [0.15, 0.2) is 34.5 Å². The fourth-order valence-corrected chi connectivity index (χ4v) is 19.6. The van der Waals surface area contributed by atoms with E-state index in [-0.39, 0.29) is 0 Å². The zero-order valence-electron chi connectivity index (χ0n) is 88.9. The molecule has 0 saturated heterocycles. The van der Waals surface area contributed by atoms with Gasteiger partial charge < -0.3 is 37.9 Å². The molecule has 0 spiro atoms. The maximum absolute atomic E-state index is 6.97. The van der Waals surface area contributed by atoms with E-state index in [0.717, 1.165) is 181 Å². The Balaban J connectivity index is 1.10. The molecular formula is C130H192O8. The number of unbranched alkanes of at least 4 members (excludes halogenated alkanes) is 54. The highest BCUT2D eigenvalue weighted by molar-refractivity contribution is 6.09. The van der Waals surface area contributed by atoms with Gasteiger partial charge in [0.05, 0.1) is 52.9 Å². The van der Waals surface area contributed by atoms with Crippen molar-refractivity contribution in [3.8, 4) is 46.0 Å². The van der Waals surface area contributed by atoms with Crippen LogP contribution in [0.1, 0.15) is 476 Å². The minimum absolute atomic E-state index is 0.587. The van der Waals surface area contributed by atoms with Crippen LogP contribution in [0.3, 0.4) is 0 Å². The molecule has 0 heterocycles. The van der Waals surface area contributed by atoms with Crippen molar-refractivity contribution in [3.63, 3.8) is 0 Å². The van der Waals surface area contributed by atoms with E-state index < -0.39 is 0 Å². The molecule has 0 saturated carbocycles. The van der Waals surface area contributed by atoms with E-state index >= 15 is 0 Å². The van der Waals surface area contributed by atoms with Gasteiger partial charge in [0.2, 0.25) is 11.5 Å². The summed E-state index contributed by atoms with van der Waals surface area (Å²) >= 11 is 0. The van der Waals surface area contributed by atoms with Gasteiger partial charge in [0.1, 0.15) is 0 Å². The van der Waals surface area contributed by atoms with Crippen molar-refractivity contribution in [3.05, 3.63) is 168 Å². The van der Waals surface area contributed by atoms with Crippen molar-refractivity contribution in [1.29, 1.82) is 0 Å². The second-order valence-electron chi connectivity index (χ2n) is 40.4. The summed E-state index contributed by atoms with van der Waals surface area (Å²) in [6, 6.07) is 54.9. The lowest BCUT2D eigenvalue weighted by Gasteiger charge is -2.18. The second kappa shape index (κ2) is 72.8. The Kier molecular flexibility index (Phi) is 59.8. The largest absolute Gasteiger partial charge is 0.490 e. The van der Waals surface area contributed by atoms with E-state index in [4.69, 9.17) is 37.9 Å². The number of hydrogen-bond acceptors (Lipinski definition) is 8. The molecule has 0 N–H and O–H groups in total. The summed E-state index contributed by atoms with van der Waals surface area (Å²) in [5, 5.41) is 13.5. The van der Waals surface area contributed by atoms with Crippen LogP contribution in [0.2, 0.25) is 0 Å². The highest BCUT2D eigenvalue weighted by Crippen LogP contribution is 2.45. The number of ether oxygens (including phenoxy) is 8. The van der Waals surface area contributed by atoms with Crippen LogP contribution >= 0.6 is 0 Å². The van der Waals surface area contributed by atoms with Crippen molar-refractivity contribution in [1.82, 2.24) is 0 Å². The van der Waals surface area contributed by atoms with Crippen molar-refractivity contribution >= 4 is 88.9 Å². The fourth-order valence-electron chi connectivity index (χ4n) is 19.6. The standard InChI is InChI=1S/C130H192O8/c1-9-17-23-29-35-41-47-53-59-65-93-132-123-102-110(103-124(133-94-66-60-54-48-42-36-30-24-18-10-2)129(123)137-97-69-63-57-51-45-39-33-27-21-13-5)74-80-112-82-84-114-79-73-109-78-90-119-122(101-109)116(106-127(131-91-15-7)128(119)136-92-16-8)87-86-115-85-83-113(118-89-77-108(100-121(115)118)72-71-107-76-88-117(112)120(114)99-107)81-75-111-104-125(134-95-67-61-55-49-43-37-31-25-19-11-3)130(138-98-70-64-58-52-46-40-34-28-22-14-6)126(105-111)135-96-68-62-56-50-44-38-32-26-20-12-4/h71-90,99-106H,9-70,91-98H2,1-8H3/b72-71?,79-73?,80-74+,81-75+,87-86?,107-71?,108-72?,109-73?,114-79?,115-86?,116-87?. The number of hydrogen-bond donors (Lipinski definition) is 0. The van der Waals surface area contributed by atoms with E-state index in [1.165, 1.54) is 350 Å². The van der Waals surface area contributed by atoms with Crippen LogP contribution in [-0.4, -0.2) is 52.9 Å². The summed E-state index contributed by atoms with van der Waals surface area (Å²) in [6.45, 7) is 23.2. The van der Waals surface area contributed by atoms with Gasteiger partial charge in [0, 0.05) is 5.39 Å². The molecule has 0 amide bonds. The summed E-state index contributed by atoms with van der Waals surface area (Å²) in [7, 11) is 0. The summed E-state index contributed by atoms with van der Waals surface area (Å²) < 4.78 is 55.1. The Labute approximate surface area is 841 Å². The zero-order valence-corrected chi connectivity index (χ0v) is 88.9. The molecule has 0 atom stereocenters. The first-order chi connectivity index (χ1) is 68.3. The van der Waals surface area contributed by atoms with E-state index in [0.29, 0.717) is 52.9 Å². The van der Waals surface area contributed by atoms with Gasteiger partial charge in [-0.3, -0.25) is 0 Å². The van der Waals surface area contributed by atoms with Crippen LogP contribution in [0, 0.1) is 0 Å². The molecule has 9 rings (SSSR count). The molecule has 0 radical (unpaired) electrons. The molecule has 9 aromatic rings. The first-order valence-corrected chi connectivity index (χ1v) is 57.8. The van der Waals surface area contributed by atoms with Gasteiger partial charge in [-0.2, -0.15) is 0 Å². The van der Waals surface area contributed by atoms with E-state index in [1.54, 1.807) is 0 Å². The minimum Gasteiger partial charge on any atom is -0.490 e. The van der Waals surface area contributed by atoms with E-state index in [1.807, 2.05) is 0 Å². The third-order valence-corrected chi connectivity index (χ3v) is 28.1. The van der Waals surface area contributed by atoms with E-state index in [9.17, 15) is 0 Å². The van der Waals surface area contributed by atoms with Gasteiger partial charge in [-0.15, -0.1) is 0 Å². The van der Waals surface area contributed by atoms with Crippen LogP contribution in [-0.2, 0) is 0 Å². The molecule has 9 aromatic carbocycles. The third-order valence-electron chi connectivity index (χ3n) is 28.1. The van der Waals surface area contributed by atoms with E-state index in [2.05, 4.69) is 225 Å². The Morgan fingerprint density at radius 2 is 0.362 bits per heavy atom. The maximum Gasteiger partial charge on any atom is 0.203 e. The average Bonchev–Trinajstić information content (AvgIpc) is 0.767. The molecule has 0 aliphatic carbocycles. The van der Waals surface area contributed by atoms with Gasteiger partial charge in [-0.05, 0) is 187 Å². The lowest BCUT2D eigenvalue weighted by Crippen LogP contribution is -2.07. The van der Waals surface area contributed by atoms with Gasteiger partial charge in [-0.1, -0.05) is 517 Å². The maximum atomic E-state index is 6.97. The van der Waals surface area contributed by atoms with Crippen LogP contribution in [0.15, 0.2) is 146 Å². The smallest absolute Gasteiger partial charge is 0.203 e. The second-order valence-corrected chi connectivity index (χ2v) is 40.4. The molecule has 0 aliphatic heterocycles. The molecule has 0 aromatic heterocycles. The SMILES string of the molecule is CCCCCCCCCCCCOc1cc(/C=C/c2ccc3ccc4ccc5c(OCCC)c(OCCC)cc(ccc6ccc(/C=C/c7cc(OCCCCCCCCCCCC)c(OCCCCCCCCCCCC)c(OCCCCCCCCCCCC)c7)c7ccc(ccc8ccc2c3c8)cc67)c5c4)cc(OCCCCCCCCCCCC)c1OCCCCCCCCCCCC. The molecule has 6 bridgehead atoms. The Hall–Kier alpha value is -8.36. The van der Waals surface area contributed by atoms with Gasteiger partial charge >= 0.3 is 0 Å². The fraction of sp³-hybridized carbons (Fsp3) is 0.600. The first kappa shape index (κ1) is 113. The predicted molar refractivity (Wildman–Crippen MR) is 604 cm³/mol. The van der Waals surface area contributed by atoms with Crippen LogP contribution < -0.4 is 37.9 Å². The summed E-state index contributed by atoms with van der Waals surface area (Å²) in [5.74, 6) is 6.25. The molecule has 138 heavy (non-hydrogen) atoms. The topological polar surface area (TPSA) is 73.8 Å². The molecule has 0 aliphatic rings. The van der Waals surface area contributed by atoms with Crippen LogP contribution in [0.25, 0.3) is 88.9 Å². The van der Waals surface area contributed by atoms with Crippen LogP contribution in [0.4, 0.5) is 0 Å². The number of fused-ring (bicyclic) bond motifs is 3. The molecule has 8 nitrogen and oxygen atoms in total. The van der Waals surface area contributed by atoms with Crippen molar-refractivity contribution < 1.29 is 37.9 Å². The lowest BCUT2D eigenvalue weighted by atomic mass is 9.97. The molecular weight excluding hydrogens is 1690 g/mol. The monoisotopic (exact) mass is 1880 g/mol. The Bertz CT molecular complexity index is 4820. The number of rotatable bonds is 82. The lowest BCUT2D eigenvalue weighted by molar-refractivity contribution is 0.234. The first-order valence-electron chi connectivity index (χ1n) is 57.8. The van der Waals surface area contributed by atoms with Crippen molar-refractivity contribution in [2.24, 2.45) is 0 Å². The van der Waals surface area contributed by atoms with Gasteiger partial charge in [0.25, 0.3) is 0 Å². The predicted octanol–water partition coefficient (Wildman–Crippen LogP) is 42.0. The molecule has 0 fully saturated rings. The van der Waals surface area contributed by atoms with Crippen molar-refractivity contribution in [2.75, 3.05) is 52.9 Å². The summed E-state index contributed by atoms with van der Waals surface area (Å²) in [4.78, 5) is 0. The average molecular weight is 1880 g/mol. The number of benzene rings is 8. The molecule has 0 unspecified atom stereocenters. The highest BCUT2D eigenvalue weighted by atomic mass is 16.6. The summed E-state index contributed by atoms with van der Waals surface area (Å²) in [6.07, 6.45) is 87.6. The molecule has 760 valence electrons. The van der Waals surface area contributed by atoms with Crippen molar-refractivity contribution in [2.45, 2.75) is 453 Å². The van der Waals surface area contributed by atoms with Gasteiger partial charge in [-0.25, -0.2) is 0 Å².